The van der Waals surface area contributed by atoms with Crippen molar-refractivity contribution in [2.24, 2.45) is 0 Å². The summed E-state index contributed by atoms with van der Waals surface area (Å²) < 4.78 is 2.09. The van der Waals surface area contributed by atoms with Gasteiger partial charge in [0.1, 0.15) is 5.82 Å². The van der Waals surface area contributed by atoms with Crippen molar-refractivity contribution in [2.45, 2.75) is 32.9 Å². The number of imidazole rings is 1. The van der Waals surface area contributed by atoms with Crippen LogP contribution < -0.4 is 0 Å². The highest BCUT2D eigenvalue weighted by atomic mass is 35.5. The van der Waals surface area contributed by atoms with Gasteiger partial charge in [0.05, 0.1) is 28.2 Å². The van der Waals surface area contributed by atoms with Crippen molar-refractivity contribution in [3.63, 3.8) is 0 Å². The summed E-state index contributed by atoms with van der Waals surface area (Å²) in [7, 11) is 0. The van der Waals surface area contributed by atoms with Gasteiger partial charge in [-0.25, -0.2) is 4.98 Å². The number of carbonyl (C=O) groups excluding carboxylic acids is 1. The lowest BCUT2D eigenvalue weighted by Crippen LogP contribution is -2.33. The molecule has 0 saturated heterocycles. The number of halogens is 2. The lowest BCUT2D eigenvalue weighted by atomic mass is 10.2. The van der Waals surface area contributed by atoms with Crippen LogP contribution in [0.2, 0.25) is 10.0 Å². The number of amides is 1. The van der Waals surface area contributed by atoms with Crippen LogP contribution in [-0.4, -0.2) is 26.9 Å². The normalized spacial score (nSPS) is 11.0. The number of carbonyl (C=O) groups is 1. The molecule has 0 unspecified atom stereocenters. The van der Waals surface area contributed by atoms with E-state index in [-0.39, 0.29) is 5.91 Å². The maximum absolute atomic E-state index is 13.2. The molecule has 0 spiro atoms. The minimum absolute atomic E-state index is 0.141. The van der Waals surface area contributed by atoms with Crippen molar-refractivity contribution in [3.05, 3.63) is 76.6 Å². The number of unbranched alkanes of at least 4 members (excludes halogenated alkanes) is 1. The Morgan fingerprint density at radius 1 is 1.25 bits per heavy atom. The van der Waals surface area contributed by atoms with Gasteiger partial charge in [0.15, 0.2) is 0 Å². The molecule has 3 aromatic rings. The zero-order valence-electron chi connectivity index (χ0n) is 15.9. The minimum Gasteiger partial charge on any atom is -0.331 e. The molecule has 0 N–H and O–H groups in total. The number of allylic oxidation sites excluding steroid dienone is 1. The molecule has 0 aliphatic heterocycles. The Morgan fingerprint density at radius 2 is 2.04 bits per heavy atom. The molecule has 1 heterocycles. The summed E-state index contributed by atoms with van der Waals surface area (Å²) in [5, 5.41) is 0.887. The van der Waals surface area contributed by atoms with Gasteiger partial charge in [-0.2, -0.15) is 0 Å². The van der Waals surface area contributed by atoms with Gasteiger partial charge in [-0.05, 0) is 36.8 Å². The maximum Gasteiger partial charge on any atom is 0.255 e. The van der Waals surface area contributed by atoms with Crippen LogP contribution in [0, 0.1) is 0 Å². The average molecular weight is 416 g/mol. The number of aromatic nitrogens is 2. The van der Waals surface area contributed by atoms with Crippen molar-refractivity contribution in [3.8, 4) is 0 Å². The van der Waals surface area contributed by atoms with Crippen LogP contribution in [0.25, 0.3) is 11.0 Å². The molecule has 0 bridgehead atoms. The molecule has 28 heavy (non-hydrogen) atoms. The molecule has 2 aromatic carbocycles. The molecule has 3 rings (SSSR count). The molecule has 0 fully saturated rings. The van der Waals surface area contributed by atoms with Gasteiger partial charge >= 0.3 is 0 Å². The predicted molar refractivity (Wildman–Crippen MR) is 116 cm³/mol. The average Bonchev–Trinajstić information content (AvgIpc) is 3.04. The Hall–Kier alpha value is -2.30. The number of benzene rings is 2. The van der Waals surface area contributed by atoms with E-state index in [4.69, 9.17) is 28.2 Å². The topological polar surface area (TPSA) is 38.1 Å². The number of rotatable bonds is 8. The first-order valence-corrected chi connectivity index (χ1v) is 10.1. The first-order valence-electron chi connectivity index (χ1n) is 9.34. The third-order valence-electron chi connectivity index (χ3n) is 4.61. The third-order valence-corrected chi connectivity index (χ3v) is 5.17. The smallest absolute Gasteiger partial charge is 0.255 e. The molecule has 1 aromatic heterocycles. The van der Waals surface area contributed by atoms with Crippen LogP contribution in [-0.2, 0) is 13.1 Å². The van der Waals surface area contributed by atoms with E-state index in [0.29, 0.717) is 35.2 Å². The highest BCUT2D eigenvalue weighted by molar-refractivity contribution is 6.35. The molecular formula is C22H23Cl2N3O. The molecule has 0 aliphatic carbocycles. The summed E-state index contributed by atoms with van der Waals surface area (Å²) in [5.41, 5.74) is 2.35. The first kappa shape index (κ1) is 20.4. The Kier molecular flexibility index (Phi) is 6.76. The zero-order chi connectivity index (χ0) is 20.1. The van der Waals surface area contributed by atoms with E-state index in [1.54, 1.807) is 23.1 Å². The molecule has 0 radical (unpaired) electrons. The van der Waals surface area contributed by atoms with E-state index in [1.165, 1.54) is 0 Å². The van der Waals surface area contributed by atoms with E-state index in [9.17, 15) is 4.79 Å². The van der Waals surface area contributed by atoms with Crippen LogP contribution in [0.4, 0.5) is 0 Å². The van der Waals surface area contributed by atoms with Crippen molar-refractivity contribution in [1.82, 2.24) is 14.5 Å². The summed E-state index contributed by atoms with van der Waals surface area (Å²) in [6.45, 7) is 7.60. The second-order valence-electron chi connectivity index (χ2n) is 6.62. The summed E-state index contributed by atoms with van der Waals surface area (Å²) in [6, 6.07) is 12.9. The van der Waals surface area contributed by atoms with E-state index >= 15 is 0 Å². The van der Waals surface area contributed by atoms with Crippen LogP contribution >= 0.6 is 23.2 Å². The van der Waals surface area contributed by atoms with Crippen LogP contribution in [0.15, 0.2) is 55.1 Å². The summed E-state index contributed by atoms with van der Waals surface area (Å²) in [5.74, 6) is 0.682. The quantitative estimate of drug-likeness (QED) is 0.424. The molecule has 0 atom stereocenters. The van der Waals surface area contributed by atoms with E-state index < -0.39 is 0 Å². The third kappa shape index (κ3) is 4.40. The Bertz CT molecular complexity index is 997. The largest absolute Gasteiger partial charge is 0.331 e. The number of fused-ring (bicyclic) bond motifs is 1. The van der Waals surface area contributed by atoms with Crippen molar-refractivity contribution in [2.75, 3.05) is 6.54 Å². The standard InChI is InChI=1S/C22H23Cl2N3O/c1-3-5-13-26(22(28)17-14-16(23)10-11-18(17)24)15-21-25-19-8-6-7-9-20(19)27(21)12-4-2/h4,6-11,14H,2-3,5,12-13,15H2,1H3. The fourth-order valence-corrected chi connectivity index (χ4v) is 3.55. The predicted octanol–water partition coefficient (Wildman–Crippen LogP) is 5.97. The number of para-hydroxylation sites is 2. The van der Waals surface area contributed by atoms with Gasteiger partial charge in [0.25, 0.3) is 5.91 Å². The van der Waals surface area contributed by atoms with E-state index in [1.807, 2.05) is 30.3 Å². The molecule has 0 saturated carbocycles. The van der Waals surface area contributed by atoms with Crippen LogP contribution in [0.5, 0.6) is 0 Å². The molecular weight excluding hydrogens is 393 g/mol. The SMILES string of the molecule is C=CCn1c(CN(CCCC)C(=O)c2cc(Cl)ccc2Cl)nc2ccccc21. The molecule has 146 valence electrons. The monoisotopic (exact) mass is 415 g/mol. The maximum atomic E-state index is 13.2. The number of nitrogens with zero attached hydrogens (tertiary/aromatic N) is 3. The van der Waals surface area contributed by atoms with Crippen molar-refractivity contribution < 1.29 is 4.79 Å². The van der Waals surface area contributed by atoms with Gasteiger partial charge in [-0.3, -0.25) is 4.79 Å². The van der Waals surface area contributed by atoms with E-state index in [2.05, 4.69) is 18.1 Å². The summed E-state index contributed by atoms with van der Waals surface area (Å²) in [6.07, 6.45) is 3.71. The highest BCUT2D eigenvalue weighted by Crippen LogP contribution is 2.24. The van der Waals surface area contributed by atoms with Crippen molar-refractivity contribution >= 4 is 40.1 Å². The van der Waals surface area contributed by atoms with Gasteiger partial charge in [0.2, 0.25) is 0 Å². The second-order valence-corrected chi connectivity index (χ2v) is 7.46. The molecule has 1 amide bonds. The second kappa shape index (κ2) is 9.26. The lowest BCUT2D eigenvalue weighted by Gasteiger charge is -2.23. The Labute approximate surface area is 175 Å². The fourth-order valence-electron chi connectivity index (χ4n) is 3.18. The summed E-state index contributed by atoms with van der Waals surface area (Å²) >= 11 is 12.4. The highest BCUT2D eigenvalue weighted by Gasteiger charge is 2.21. The molecule has 6 heteroatoms. The van der Waals surface area contributed by atoms with E-state index in [0.717, 1.165) is 29.7 Å². The van der Waals surface area contributed by atoms with Gasteiger partial charge in [0, 0.05) is 18.1 Å². The lowest BCUT2D eigenvalue weighted by molar-refractivity contribution is 0.0735. The van der Waals surface area contributed by atoms with Gasteiger partial charge in [-0.1, -0.05) is 54.8 Å². The van der Waals surface area contributed by atoms with Crippen LogP contribution in [0.3, 0.4) is 0 Å². The fraction of sp³-hybridized carbons (Fsp3) is 0.273. The minimum atomic E-state index is -0.141. The molecule has 0 aliphatic rings. The van der Waals surface area contributed by atoms with Crippen molar-refractivity contribution in [1.29, 1.82) is 0 Å². The molecule has 4 nitrogen and oxygen atoms in total. The van der Waals surface area contributed by atoms with Gasteiger partial charge in [-0.15, -0.1) is 6.58 Å². The number of hydrogen-bond donors (Lipinski definition) is 0. The number of hydrogen-bond acceptors (Lipinski definition) is 2. The van der Waals surface area contributed by atoms with Gasteiger partial charge < -0.3 is 9.47 Å². The zero-order valence-corrected chi connectivity index (χ0v) is 17.4. The summed E-state index contributed by atoms with van der Waals surface area (Å²) in [4.78, 5) is 19.8. The van der Waals surface area contributed by atoms with Crippen LogP contribution in [0.1, 0.15) is 35.9 Å². The first-order chi connectivity index (χ1) is 13.5. The Balaban J connectivity index is 1.98. The Morgan fingerprint density at radius 3 is 2.79 bits per heavy atom.